The first-order valence-electron chi connectivity index (χ1n) is 7.27. The molecule has 4 aliphatic rings. The number of fused-ring (bicyclic) bond motifs is 1. The van der Waals surface area contributed by atoms with E-state index in [2.05, 4.69) is 15.9 Å². The van der Waals surface area contributed by atoms with Crippen molar-refractivity contribution in [2.45, 2.75) is 29.6 Å². The Morgan fingerprint density at radius 1 is 1.18 bits per heavy atom. The van der Waals surface area contributed by atoms with Crippen LogP contribution in [0.4, 0.5) is 0 Å². The van der Waals surface area contributed by atoms with Crippen molar-refractivity contribution in [1.82, 2.24) is 0 Å². The summed E-state index contributed by atoms with van der Waals surface area (Å²) in [5.74, 6) is -0.860. The molecule has 7 atom stereocenters. The molecule has 1 fully saturated rings. The number of carbonyl (C=O) groups excluding carboxylic acids is 2. The highest BCUT2D eigenvalue weighted by molar-refractivity contribution is 9.10. The summed E-state index contributed by atoms with van der Waals surface area (Å²) >= 11 is 3.61. The molecule has 22 heavy (non-hydrogen) atoms. The van der Waals surface area contributed by atoms with Gasteiger partial charge >= 0.3 is 5.97 Å². The maximum Gasteiger partial charge on any atom is 0.303 e. The van der Waals surface area contributed by atoms with Gasteiger partial charge in [-0.1, -0.05) is 40.2 Å². The Hall–Kier alpha value is -0.980. The van der Waals surface area contributed by atoms with Gasteiger partial charge in [0.2, 0.25) is 0 Å². The molecule has 120 valence electrons. The Morgan fingerprint density at radius 3 is 2.41 bits per heavy atom. The number of allylic oxidation sites excluding steroid dienone is 1. The topological polar surface area (TPSA) is 61.8 Å². The Bertz CT molecular complexity index is 557. The molecule has 4 aliphatic carbocycles. The summed E-state index contributed by atoms with van der Waals surface area (Å²) in [4.78, 5) is 24.2. The average molecular weight is 371 g/mol. The van der Waals surface area contributed by atoms with Crippen molar-refractivity contribution in [3.05, 3.63) is 24.3 Å². The lowest BCUT2D eigenvalue weighted by Crippen LogP contribution is -2.66. The van der Waals surface area contributed by atoms with Gasteiger partial charge in [0.25, 0.3) is 0 Å². The number of esters is 1. The van der Waals surface area contributed by atoms with E-state index < -0.39 is 16.4 Å². The molecular weight excluding hydrogens is 352 g/mol. The Kier molecular flexibility index (Phi) is 4.03. The van der Waals surface area contributed by atoms with Crippen LogP contribution in [0.2, 0.25) is 0 Å². The number of carbonyl (C=O) groups is 2. The second-order valence-corrected chi connectivity index (χ2v) is 7.30. The van der Waals surface area contributed by atoms with Crippen LogP contribution in [-0.4, -0.2) is 48.6 Å². The highest BCUT2D eigenvalue weighted by atomic mass is 79.9. The Morgan fingerprint density at radius 2 is 1.82 bits per heavy atom. The van der Waals surface area contributed by atoms with Crippen LogP contribution in [0.15, 0.2) is 24.3 Å². The number of hydrogen-bond donors (Lipinski definition) is 0. The maximum atomic E-state index is 12.9. The first kappa shape index (κ1) is 15.9. The minimum Gasteiger partial charge on any atom is -0.454 e. The van der Waals surface area contributed by atoms with E-state index >= 15 is 0 Å². The molecule has 4 rings (SSSR count). The van der Waals surface area contributed by atoms with Crippen molar-refractivity contribution in [2.24, 2.45) is 17.8 Å². The smallest absolute Gasteiger partial charge is 0.303 e. The van der Waals surface area contributed by atoms with Crippen molar-refractivity contribution in [3.8, 4) is 0 Å². The summed E-state index contributed by atoms with van der Waals surface area (Å²) in [5, 5.41) is 0. The first-order valence-corrected chi connectivity index (χ1v) is 8.07. The lowest BCUT2D eigenvalue weighted by Gasteiger charge is -2.56. The van der Waals surface area contributed by atoms with E-state index in [1.807, 2.05) is 24.3 Å². The van der Waals surface area contributed by atoms with Gasteiger partial charge < -0.3 is 14.2 Å². The number of Topliss-reactive ketones (excluding diaryl/α,β-unsaturated/α-hetero) is 1. The largest absolute Gasteiger partial charge is 0.454 e. The third kappa shape index (κ3) is 2.12. The van der Waals surface area contributed by atoms with Crippen LogP contribution in [-0.2, 0) is 23.8 Å². The highest BCUT2D eigenvalue weighted by Crippen LogP contribution is 2.55. The van der Waals surface area contributed by atoms with E-state index in [1.165, 1.54) is 6.92 Å². The number of halogens is 1. The third-order valence-electron chi connectivity index (χ3n) is 4.95. The molecular formula is C16H19BrO5. The Balaban J connectivity index is 2.07. The van der Waals surface area contributed by atoms with Gasteiger partial charge in [-0.3, -0.25) is 9.59 Å². The van der Waals surface area contributed by atoms with Crippen molar-refractivity contribution in [1.29, 1.82) is 0 Å². The van der Waals surface area contributed by atoms with Gasteiger partial charge in [0.1, 0.15) is 4.32 Å². The van der Waals surface area contributed by atoms with Crippen LogP contribution in [0.1, 0.15) is 6.92 Å². The molecule has 0 aromatic carbocycles. The fourth-order valence-corrected chi connectivity index (χ4v) is 5.02. The first-order chi connectivity index (χ1) is 10.4. The van der Waals surface area contributed by atoms with Gasteiger partial charge in [-0.05, 0) is 0 Å². The summed E-state index contributed by atoms with van der Waals surface area (Å²) in [6.45, 7) is 1.32. The van der Waals surface area contributed by atoms with Crippen molar-refractivity contribution >= 4 is 27.7 Å². The predicted molar refractivity (Wildman–Crippen MR) is 82.6 cm³/mol. The molecule has 6 heteroatoms. The number of rotatable bonds is 3. The molecule has 0 saturated heterocycles. The number of ether oxygens (including phenoxy) is 3. The average Bonchev–Trinajstić information content (AvgIpc) is 2.50. The standard InChI is InChI=1S/C16H19BrO5/c1-8(18)22-14-9-6-7-16(17,15(14)19)13-11(21-3)5-4-10(20-2)12(9)13/h4-7,9-14H,1-3H3/t9-,10-,11+,12-,13+,14-,16-/m0/s1. The van der Waals surface area contributed by atoms with Crippen LogP contribution in [0.3, 0.4) is 0 Å². The molecule has 0 heterocycles. The monoisotopic (exact) mass is 370 g/mol. The molecule has 0 radical (unpaired) electrons. The molecule has 0 aliphatic heterocycles. The second-order valence-electron chi connectivity index (χ2n) is 5.99. The molecule has 5 nitrogen and oxygen atoms in total. The second kappa shape index (κ2) is 5.58. The van der Waals surface area contributed by atoms with E-state index in [0.717, 1.165) is 0 Å². The van der Waals surface area contributed by atoms with Gasteiger partial charge in [-0.2, -0.15) is 0 Å². The molecule has 0 N–H and O–H groups in total. The fourth-order valence-electron chi connectivity index (χ4n) is 4.07. The zero-order valence-corrected chi connectivity index (χ0v) is 14.3. The van der Waals surface area contributed by atoms with Gasteiger partial charge in [0.15, 0.2) is 11.9 Å². The Labute approximate surface area is 137 Å². The zero-order chi connectivity index (χ0) is 16.1. The van der Waals surface area contributed by atoms with E-state index in [4.69, 9.17) is 14.2 Å². The summed E-state index contributed by atoms with van der Waals surface area (Å²) in [7, 11) is 3.28. The SMILES string of the molecule is CO[C@H]1C=C[C@@H](OC)[C@@H]2[C@H]1[C@@H]1C=C[C@@]2(Br)C(=O)[C@H]1OC(C)=O. The van der Waals surface area contributed by atoms with Crippen molar-refractivity contribution < 1.29 is 23.8 Å². The van der Waals surface area contributed by atoms with E-state index in [9.17, 15) is 9.59 Å². The van der Waals surface area contributed by atoms with Crippen LogP contribution >= 0.6 is 15.9 Å². The normalized spacial score (nSPS) is 45.7. The van der Waals surface area contributed by atoms with E-state index in [1.54, 1.807) is 14.2 Å². The molecule has 0 aromatic rings. The minimum atomic E-state index is -0.894. The molecule has 1 saturated carbocycles. The summed E-state index contributed by atoms with van der Waals surface area (Å²) in [6, 6.07) is 0. The molecule has 0 aromatic heterocycles. The highest BCUT2D eigenvalue weighted by Gasteiger charge is 2.64. The number of hydrogen-bond acceptors (Lipinski definition) is 5. The number of alkyl halides is 1. The molecule has 0 amide bonds. The van der Waals surface area contributed by atoms with Gasteiger partial charge in [-0.15, -0.1) is 0 Å². The maximum absolute atomic E-state index is 12.9. The molecule has 2 bridgehead atoms. The lowest BCUT2D eigenvalue weighted by molar-refractivity contribution is -0.169. The molecule has 0 spiro atoms. The summed E-state index contributed by atoms with van der Waals surface area (Å²) < 4.78 is 15.6. The minimum absolute atomic E-state index is 0.00590. The number of methoxy groups -OCH3 is 2. The van der Waals surface area contributed by atoms with Crippen molar-refractivity contribution in [3.63, 3.8) is 0 Å². The number of ketones is 1. The lowest BCUT2D eigenvalue weighted by atomic mass is 9.55. The fraction of sp³-hybridized carbons (Fsp3) is 0.625. The predicted octanol–water partition coefficient (Wildman–Crippen LogP) is 1.65. The van der Waals surface area contributed by atoms with Crippen LogP contribution in [0.5, 0.6) is 0 Å². The van der Waals surface area contributed by atoms with E-state index in [-0.39, 0.29) is 35.7 Å². The zero-order valence-electron chi connectivity index (χ0n) is 12.7. The summed E-state index contributed by atoms with van der Waals surface area (Å²) in [5.41, 5.74) is 0. The summed E-state index contributed by atoms with van der Waals surface area (Å²) in [6.07, 6.45) is 6.64. The quantitative estimate of drug-likeness (QED) is 0.429. The van der Waals surface area contributed by atoms with Gasteiger partial charge in [0, 0.05) is 38.9 Å². The van der Waals surface area contributed by atoms with Gasteiger partial charge in [0.05, 0.1) is 12.2 Å². The molecule has 0 unspecified atom stereocenters. The van der Waals surface area contributed by atoms with Crippen LogP contribution in [0.25, 0.3) is 0 Å². The van der Waals surface area contributed by atoms with Crippen molar-refractivity contribution in [2.75, 3.05) is 14.2 Å². The van der Waals surface area contributed by atoms with Crippen LogP contribution in [0, 0.1) is 17.8 Å². The van der Waals surface area contributed by atoms with Gasteiger partial charge in [-0.25, -0.2) is 0 Å². The van der Waals surface area contributed by atoms with E-state index in [0.29, 0.717) is 0 Å². The van der Waals surface area contributed by atoms with Crippen LogP contribution < -0.4 is 0 Å². The third-order valence-corrected chi connectivity index (χ3v) is 6.14.